The van der Waals surface area contributed by atoms with Crippen LogP contribution in [0.15, 0.2) is 47.1 Å². The Hall–Kier alpha value is -2.52. The number of furan rings is 1. The van der Waals surface area contributed by atoms with E-state index in [0.717, 1.165) is 16.3 Å². The molecule has 142 valence electrons. The van der Waals surface area contributed by atoms with Gasteiger partial charge in [-0.05, 0) is 36.4 Å². The lowest BCUT2D eigenvalue weighted by atomic mass is 10.3. The molecular formula is C17H22N2O6S. The molecule has 26 heavy (non-hydrogen) atoms. The lowest BCUT2D eigenvalue weighted by Gasteiger charge is -2.18. The molecule has 2 aromatic rings. The molecular weight excluding hydrogens is 360 g/mol. The van der Waals surface area contributed by atoms with Crippen LogP contribution in [0, 0.1) is 0 Å². The van der Waals surface area contributed by atoms with Gasteiger partial charge in [0.05, 0.1) is 39.3 Å². The number of nitrogens with one attached hydrogen (secondary N) is 1. The van der Waals surface area contributed by atoms with E-state index in [1.807, 2.05) is 0 Å². The summed E-state index contributed by atoms with van der Waals surface area (Å²) >= 11 is 0. The smallest absolute Gasteiger partial charge is 0.235 e. The molecule has 0 saturated carbocycles. The normalized spacial score (nSPS) is 11.3. The van der Waals surface area contributed by atoms with E-state index < -0.39 is 15.9 Å². The molecule has 0 spiro atoms. The van der Waals surface area contributed by atoms with Gasteiger partial charge in [0.25, 0.3) is 0 Å². The number of ether oxygens (including phenoxy) is 2. The van der Waals surface area contributed by atoms with E-state index in [-0.39, 0.29) is 26.2 Å². The Bertz CT molecular complexity index is 787. The van der Waals surface area contributed by atoms with Gasteiger partial charge >= 0.3 is 0 Å². The van der Waals surface area contributed by atoms with Gasteiger partial charge in [-0.15, -0.1) is 0 Å². The maximum absolute atomic E-state index is 12.0. The summed E-state index contributed by atoms with van der Waals surface area (Å²) in [6, 6.07) is 10.4. The average Bonchev–Trinajstić information content (AvgIpc) is 3.11. The highest BCUT2D eigenvalue weighted by Gasteiger charge is 2.21. The predicted octanol–water partition coefficient (Wildman–Crippen LogP) is 1.24. The number of rotatable bonds is 10. The highest BCUT2D eigenvalue weighted by atomic mass is 32.2. The minimum atomic E-state index is -3.55. The second kappa shape index (κ2) is 9.25. The van der Waals surface area contributed by atoms with Crippen LogP contribution in [0.25, 0.3) is 0 Å². The third-order valence-electron chi connectivity index (χ3n) is 3.45. The van der Waals surface area contributed by atoms with Crippen molar-refractivity contribution < 1.29 is 27.1 Å². The van der Waals surface area contributed by atoms with Gasteiger partial charge in [0.15, 0.2) is 0 Å². The predicted molar refractivity (Wildman–Crippen MR) is 95.5 cm³/mol. The molecule has 0 unspecified atom stereocenters. The Morgan fingerprint density at radius 3 is 2.46 bits per heavy atom. The van der Waals surface area contributed by atoms with Crippen LogP contribution >= 0.6 is 0 Å². The van der Waals surface area contributed by atoms with Crippen LogP contribution in [0.3, 0.4) is 0 Å². The van der Waals surface area contributed by atoms with E-state index >= 15 is 0 Å². The number of hydrogen-bond acceptors (Lipinski definition) is 6. The number of benzene rings is 1. The van der Waals surface area contributed by atoms with E-state index in [4.69, 9.17) is 13.9 Å². The first-order chi connectivity index (χ1) is 12.4. The lowest BCUT2D eigenvalue weighted by molar-refractivity contribution is -0.121. The van der Waals surface area contributed by atoms with Crippen LogP contribution in [0.1, 0.15) is 5.76 Å². The van der Waals surface area contributed by atoms with Crippen LogP contribution < -0.4 is 14.8 Å². The summed E-state index contributed by atoms with van der Waals surface area (Å²) in [5, 5.41) is 2.63. The first kappa shape index (κ1) is 19.8. The molecule has 0 atom stereocenters. The number of carbonyl (C=O) groups is 1. The number of carbonyl (C=O) groups excluding carboxylic acids is 1. The van der Waals surface area contributed by atoms with E-state index in [9.17, 15) is 13.2 Å². The minimum absolute atomic E-state index is 0.00159. The van der Waals surface area contributed by atoms with Crippen LogP contribution in [0.5, 0.6) is 11.5 Å². The van der Waals surface area contributed by atoms with Crippen molar-refractivity contribution in [1.82, 2.24) is 9.62 Å². The van der Waals surface area contributed by atoms with Crippen LogP contribution in [0.2, 0.25) is 0 Å². The fourth-order valence-electron chi connectivity index (χ4n) is 2.11. The van der Waals surface area contributed by atoms with Crippen LogP contribution in [-0.2, 0) is 21.4 Å². The highest BCUT2D eigenvalue weighted by molar-refractivity contribution is 7.88. The molecule has 0 fully saturated rings. The monoisotopic (exact) mass is 382 g/mol. The largest absolute Gasteiger partial charge is 0.497 e. The molecule has 0 aliphatic carbocycles. The van der Waals surface area contributed by atoms with Crippen molar-refractivity contribution in [2.75, 3.05) is 33.1 Å². The van der Waals surface area contributed by atoms with E-state index in [1.54, 1.807) is 43.5 Å². The fourth-order valence-corrected chi connectivity index (χ4v) is 2.83. The van der Waals surface area contributed by atoms with E-state index in [1.165, 1.54) is 6.26 Å². The molecule has 9 heteroatoms. The third-order valence-corrected chi connectivity index (χ3v) is 4.65. The van der Waals surface area contributed by atoms with Crippen molar-refractivity contribution in [2.24, 2.45) is 0 Å². The Balaban J connectivity index is 1.76. The van der Waals surface area contributed by atoms with Gasteiger partial charge in [0.1, 0.15) is 23.9 Å². The SMILES string of the molecule is COc1ccc(OCCNC(=O)CN(Cc2ccco2)S(C)(=O)=O)cc1. The topological polar surface area (TPSA) is 98.1 Å². The summed E-state index contributed by atoms with van der Waals surface area (Å²) in [6.45, 7) is 0.224. The molecule has 1 amide bonds. The zero-order valence-electron chi connectivity index (χ0n) is 14.7. The zero-order chi connectivity index (χ0) is 19.0. The van der Waals surface area contributed by atoms with Gasteiger partial charge in [0, 0.05) is 0 Å². The molecule has 1 aromatic carbocycles. The van der Waals surface area contributed by atoms with Crippen molar-refractivity contribution in [3.63, 3.8) is 0 Å². The highest BCUT2D eigenvalue weighted by Crippen LogP contribution is 2.16. The standard InChI is InChI=1S/C17H22N2O6S/c1-23-14-5-7-15(8-6-14)25-11-9-18-17(20)13-19(26(2,21)22)12-16-4-3-10-24-16/h3-8,10H,9,11-13H2,1-2H3,(H,18,20). The number of methoxy groups -OCH3 is 1. The second-order valence-electron chi connectivity index (χ2n) is 5.48. The van der Waals surface area contributed by atoms with Gasteiger partial charge in [-0.1, -0.05) is 0 Å². The van der Waals surface area contributed by atoms with Gasteiger partial charge < -0.3 is 19.2 Å². The Morgan fingerprint density at radius 1 is 1.19 bits per heavy atom. The number of hydrogen-bond donors (Lipinski definition) is 1. The maximum atomic E-state index is 12.0. The molecule has 0 aliphatic rings. The molecule has 1 heterocycles. The Morgan fingerprint density at radius 2 is 1.88 bits per heavy atom. The fraction of sp³-hybridized carbons (Fsp3) is 0.353. The molecule has 8 nitrogen and oxygen atoms in total. The number of nitrogens with zero attached hydrogens (tertiary/aromatic N) is 1. The van der Waals surface area contributed by atoms with Crippen molar-refractivity contribution in [3.05, 3.63) is 48.4 Å². The van der Waals surface area contributed by atoms with E-state index in [0.29, 0.717) is 11.5 Å². The van der Waals surface area contributed by atoms with Crippen LogP contribution in [-0.4, -0.2) is 51.7 Å². The zero-order valence-corrected chi connectivity index (χ0v) is 15.5. The van der Waals surface area contributed by atoms with E-state index in [2.05, 4.69) is 5.32 Å². The van der Waals surface area contributed by atoms with Gasteiger partial charge in [-0.25, -0.2) is 8.42 Å². The summed E-state index contributed by atoms with van der Waals surface area (Å²) in [6.07, 6.45) is 2.50. The van der Waals surface area contributed by atoms with Crippen molar-refractivity contribution >= 4 is 15.9 Å². The maximum Gasteiger partial charge on any atom is 0.235 e. The quantitative estimate of drug-likeness (QED) is 0.621. The molecule has 0 saturated heterocycles. The molecule has 0 bridgehead atoms. The summed E-state index contributed by atoms with van der Waals surface area (Å²) in [5.41, 5.74) is 0. The summed E-state index contributed by atoms with van der Waals surface area (Å²) < 4.78 is 40.4. The molecule has 2 rings (SSSR count). The number of sulfonamides is 1. The van der Waals surface area contributed by atoms with Crippen molar-refractivity contribution in [1.29, 1.82) is 0 Å². The lowest BCUT2D eigenvalue weighted by Crippen LogP contribution is -2.40. The van der Waals surface area contributed by atoms with Crippen LogP contribution in [0.4, 0.5) is 0 Å². The first-order valence-electron chi connectivity index (χ1n) is 7.89. The van der Waals surface area contributed by atoms with Gasteiger partial charge in [-0.3, -0.25) is 4.79 Å². The van der Waals surface area contributed by atoms with Gasteiger partial charge in [0.2, 0.25) is 15.9 Å². The number of amides is 1. The van der Waals surface area contributed by atoms with Crippen molar-refractivity contribution in [2.45, 2.75) is 6.54 Å². The van der Waals surface area contributed by atoms with Gasteiger partial charge in [-0.2, -0.15) is 4.31 Å². The molecule has 0 aliphatic heterocycles. The van der Waals surface area contributed by atoms with Crippen molar-refractivity contribution in [3.8, 4) is 11.5 Å². The summed E-state index contributed by atoms with van der Waals surface area (Å²) in [7, 11) is -1.97. The average molecular weight is 382 g/mol. The summed E-state index contributed by atoms with van der Waals surface area (Å²) in [4.78, 5) is 12.0. The molecule has 1 N–H and O–H groups in total. The third kappa shape index (κ3) is 6.41. The molecule has 0 radical (unpaired) electrons. The Labute approximate surface area is 152 Å². The Kier molecular flexibility index (Phi) is 7.05. The second-order valence-corrected chi connectivity index (χ2v) is 7.47. The first-order valence-corrected chi connectivity index (χ1v) is 9.74. The molecule has 1 aromatic heterocycles. The summed E-state index contributed by atoms with van der Waals surface area (Å²) in [5.74, 6) is 1.42. The minimum Gasteiger partial charge on any atom is -0.497 e.